The van der Waals surface area contributed by atoms with Gasteiger partial charge in [0.1, 0.15) is 24.2 Å². The van der Waals surface area contributed by atoms with Crippen molar-refractivity contribution in [2.75, 3.05) is 36.4 Å². The summed E-state index contributed by atoms with van der Waals surface area (Å²) in [6.07, 6.45) is 11.6. The van der Waals surface area contributed by atoms with Crippen molar-refractivity contribution < 1.29 is 23.5 Å². The Balaban J connectivity index is 0.649. The fourth-order valence-corrected chi connectivity index (χ4v) is 10.1. The summed E-state index contributed by atoms with van der Waals surface area (Å²) in [6.45, 7) is 5.17. The highest BCUT2D eigenvalue weighted by Crippen LogP contribution is 2.38. The van der Waals surface area contributed by atoms with Gasteiger partial charge in [-0.3, -0.25) is 29.3 Å². The molecule has 2 aromatic heterocycles. The molecule has 0 spiro atoms. The van der Waals surface area contributed by atoms with Gasteiger partial charge in [0.2, 0.25) is 17.8 Å². The van der Waals surface area contributed by atoms with Gasteiger partial charge in [0, 0.05) is 87.2 Å². The van der Waals surface area contributed by atoms with Gasteiger partial charge < -0.3 is 25.2 Å². The first-order valence-corrected chi connectivity index (χ1v) is 23.8. The molecule has 1 atom stereocenters. The lowest BCUT2D eigenvalue weighted by Gasteiger charge is -2.36. The summed E-state index contributed by atoms with van der Waals surface area (Å²) in [6, 6.07) is 19.4. The minimum absolute atomic E-state index is 0.180. The van der Waals surface area contributed by atoms with E-state index in [0.29, 0.717) is 53.6 Å². The van der Waals surface area contributed by atoms with Gasteiger partial charge in [-0.25, -0.2) is 14.4 Å². The minimum atomic E-state index is -0.670. The number of fused-ring (bicyclic) bond motifs is 1. The van der Waals surface area contributed by atoms with Gasteiger partial charge in [-0.1, -0.05) is 48.0 Å². The van der Waals surface area contributed by atoms with Crippen LogP contribution in [0.5, 0.6) is 5.75 Å². The lowest BCUT2D eigenvalue weighted by Crippen LogP contribution is -2.52. The van der Waals surface area contributed by atoms with Crippen LogP contribution in [0.1, 0.15) is 89.7 Å². The fraction of sp³-hybridized carbons (Fsp3) is 0.440. The highest BCUT2D eigenvalue weighted by Gasteiger charge is 2.40. The predicted molar refractivity (Wildman–Crippen MR) is 249 cm³/mol. The maximum Gasteiger partial charge on any atom is 0.255 e. The summed E-state index contributed by atoms with van der Waals surface area (Å²) >= 11 is 6.61. The molecule has 0 bridgehead atoms. The van der Waals surface area contributed by atoms with Gasteiger partial charge in [0.15, 0.2) is 0 Å². The van der Waals surface area contributed by atoms with Crippen LogP contribution in [0.25, 0.3) is 11.3 Å². The highest BCUT2D eigenvalue weighted by molar-refractivity contribution is 6.33. The van der Waals surface area contributed by atoms with Crippen molar-refractivity contribution in [1.29, 1.82) is 0 Å². The van der Waals surface area contributed by atoms with Gasteiger partial charge in [0.25, 0.3) is 5.91 Å². The van der Waals surface area contributed by atoms with E-state index in [0.717, 1.165) is 98.7 Å². The summed E-state index contributed by atoms with van der Waals surface area (Å²) in [7, 11) is 1.98. The van der Waals surface area contributed by atoms with Gasteiger partial charge in [-0.05, 0) is 98.2 Å². The van der Waals surface area contributed by atoms with Crippen LogP contribution in [0.4, 0.5) is 16.0 Å². The molecule has 0 unspecified atom stereocenters. The van der Waals surface area contributed by atoms with Crippen molar-refractivity contribution in [3.8, 4) is 17.0 Å². The van der Waals surface area contributed by atoms with Crippen molar-refractivity contribution in [2.45, 2.75) is 102 Å². The van der Waals surface area contributed by atoms with Crippen LogP contribution in [-0.2, 0) is 49.3 Å². The van der Waals surface area contributed by atoms with Gasteiger partial charge in [-0.15, -0.1) is 0 Å². The zero-order valence-corrected chi connectivity index (χ0v) is 38.0. The fourth-order valence-electron chi connectivity index (χ4n) is 9.93. The minimum Gasteiger partial charge on any atom is -0.489 e. The van der Waals surface area contributed by atoms with Crippen LogP contribution in [-0.4, -0.2) is 91.6 Å². The molecule has 14 nitrogen and oxygen atoms in total. The Kier molecular flexibility index (Phi) is 12.7. The molecule has 4 fully saturated rings. The second kappa shape index (κ2) is 19.1. The van der Waals surface area contributed by atoms with Crippen LogP contribution in [0, 0.1) is 11.7 Å². The average molecular weight is 916 g/mol. The molecule has 5 aliphatic rings. The third-order valence-electron chi connectivity index (χ3n) is 14.0. The number of aromatic nitrogens is 4. The number of halogens is 2. The van der Waals surface area contributed by atoms with Crippen molar-refractivity contribution in [3.05, 3.63) is 117 Å². The first-order valence-electron chi connectivity index (χ1n) is 23.4. The number of anilines is 2. The van der Waals surface area contributed by atoms with E-state index in [2.05, 4.69) is 60.1 Å². The molecule has 344 valence electrons. The second-order valence-electron chi connectivity index (χ2n) is 18.6. The zero-order valence-electron chi connectivity index (χ0n) is 37.3. The third kappa shape index (κ3) is 9.79. The molecule has 3 aliphatic heterocycles. The number of benzene rings is 3. The van der Waals surface area contributed by atoms with Crippen molar-refractivity contribution in [2.24, 2.45) is 13.0 Å². The Labute approximate surface area is 389 Å². The van der Waals surface area contributed by atoms with Crippen molar-refractivity contribution in [1.82, 2.24) is 40.2 Å². The topological polar surface area (TPSA) is 150 Å². The van der Waals surface area contributed by atoms with E-state index in [9.17, 15) is 14.4 Å². The van der Waals surface area contributed by atoms with E-state index in [1.54, 1.807) is 24.4 Å². The standard InChI is InChI=1S/C50H56ClFN10O4/c1-59-44(24-31-5-6-31)38(26-55-59)47-40(51)27-54-50(58-47)56-36-14-12-35(13-15-36)53-25-34-11-16-42(41(52)23-34)61-21-19-60(20-22-61)28-32-7-9-33(10-8-32)30-66-45-4-2-3-37-39(45)29-62(49(37)65)43-17-18-46(63)57-48(43)64/h2-4,7-11,16,23,26-27,31,35-36,43,53H,5-6,12-15,17-22,24-25,28-30H2,1H3,(H,54,56,58)(H,57,63,64)/t35-,36-,43-/m0/s1. The largest absolute Gasteiger partial charge is 0.489 e. The number of nitrogens with one attached hydrogen (secondary N) is 3. The maximum atomic E-state index is 15.6. The van der Waals surface area contributed by atoms with E-state index in [4.69, 9.17) is 21.3 Å². The average Bonchev–Trinajstić information content (AvgIpc) is 3.99. The quantitative estimate of drug-likeness (QED) is 0.0953. The molecule has 5 heterocycles. The molecule has 10 rings (SSSR count). The van der Waals surface area contributed by atoms with Gasteiger partial charge >= 0.3 is 0 Å². The summed E-state index contributed by atoms with van der Waals surface area (Å²) in [5.74, 6) is 0.788. The highest BCUT2D eigenvalue weighted by atomic mass is 35.5. The van der Waals surface area contributed by atoms with E-state index >= 15 is 4.39 Å². The third-order valence-corrected chi connectivity index (χ3v) is 14.3. The first-order chi connectivity index (χ1) is 32.1. The van der Waals surface area contributed by atoms with Crippen LogP contribution in [0.2, 0.25) is 5.02 Å². The smallest absolute Gasteiger partial charge is 0.255 e. The lowest BCUT2D eigenvalue weighted by molar-refractivity contribution is -0.136. The Morgan fingerprint density at radius 1 is 0.864 bits per heavy atom. The van der Waals surface area contributed by atoms with Crippen LogP contribution < -0.4 is 25.6 Å². The molecular weight excluding hydrogens is 859 g/mol. The zero-order chi connectivity index (χ0) is 45.3. The molecule has 5 aromatic rings. The second-order valence-corrected chi connectivity index (χ2v) is 19.0. The summed E-state index contributed by atoms with van der Waals surface area (Å²) in [5.41, 5.74) is 7.96. The number of hydrogen-bond acceptors (Lipinski definition) is 11. The van der Waals surface area contributed by atoms with Gasteiger partial charge in [0.05, 0.1) is 35.3 Å². The number of ether oxygens (including phenoxy) is 1. The SMILES string of the molecule is Cn1ncc(-c2nc(N[C@H]3CC[C@H](NCc4ccc(N5CCN(Cc6ccc(COc7cccc8c7CN([C@H]7CCC(=O)NC7=O)C8=O)cc6)CC5)c(F)c4)CC3)ncc2Cl)c1CC1CC1. The lowest BCUT2D eigenvalue weighted by atomic mass is 9.91. The number of carbonyl (C=O) groups is 3. The molecule has 2 aliphatic carbocycles. The molecule has 3 aromatic carbocycles. The molecule has 0 radical (unpaired) electrons. The van der Waals surface area contributed by atoms with Gasteiger partial charge in [-0.2, -0.15) is 5.10 Å². The number of nitrogens with zero attached hydrogens (tertiary/aromatic N) is 7. The maximum absolute atomic E-state index is 15.6. The van der Waals surface area contributed by atoms with Crippen LogP contribution in [0.3, 0.4) is 0 Å². The number of imide groups is 1. The number of amides is 3. The Morgan fingerprint density at radius 3 is 2.38 bits per heavy atom. The molecule has 66 heavy (non-hydrogen) atoms. The predicted octanol–water partition coefficient (Wildman–Crippen LogP) is 6.80. The number of rotatable bonds is 15. The van der Waals surface area contributed by atoms with Crippen molar-refractivity contribution >= 4 is 41.0 Å². The number of carbonyl (C=O) groups excluding carboxylic acids is 3. The molecule has 16 heteroatoms. The van der Waals surface area contributed by atoms with Crippen molar-refractivity contribution in [3.63, 3.8) is 0 Å². The summed E-state index contributed by atoms with van der Waals surface area (Å²) in [4.78, 5) is 52.8. The first kappa shape index (κ1) is 44.0. The van der Waals surface area contributed by atoms with E-state index in [-0.39, 0.29) is 36.6 Å². The number of hydrogen-bond donors (Lipinski definition) is 3. The Morgan fingerprint density at radius 2 is 1.62 bits per heavy atom. The summed E-state index contributed by atoms with van der Waals surface area (Å²) < 4.78 is 23.7. The van der Waals surface area contributed by atoms with E-state index in [1.165, 1.54) is 29.0 Å². The number of aryl methyl sites for hydroxylation is 1. The summed E-state index contributed by atoms with van der Waals surface area (Å²) in [5, 5.41) is 14.6. The molecule has 2 saturated carbocycles. The van der Waals surface area contributed by atoms with Crippen LogP contribution >= 0.6 is 11.6 Å². The van der Waals surface area contributed by atoms with Crippen LogP contribution in [0.15, 0.2) is 73.1 Å². The monoisotopic (exact) mass is 914 g/mol. The molecule has 3 amide bonds. The Hall–Kier alpha value is -5.90. The van der Waals surface area contributed by atoms with E-state index < -0.39 is 11.9 Å². The van der Waals surface area contributed by atoms with E-state index in [1.807, 2.05) is 36.1 Å². The number of piperidine rings is 1. The molecular formula is C50H56ClFN10O4. The molecule has 3 N–H and O–H groups in total. The number of piperazine rings is 1. The Bertz CT molecular complexity index is 2600. The normalized spacial score (nSPS) is 21.3. The molecule has 2 saturated heterocycles.